The molecule has 1 aliphatic heterocycles. The Kier molecular flexibility index (Phi) is 1.68. The Morgan fingerprint density at radius 3 is 2.92 bits per heavy atom. The van der Waals surface area contributed by atoms with Gasteiger partial charge in [0.2, 0.25) is 0 Å². The van der Waals surface area contributed by atoms with E-state index in [2.05, 4.69) is 20.9 Å². The second kappa shape index (κ2) is 2.72. The molecule has 6 heteroatoms. The zero-order valence-electron chi connectivity index (χ0n) is 7.53. The predicted octanol–water partition coefficient (Wildman–Crippen LogP) is 0.168. The van der Waals surface area contributed by atoms with Crippen LogP contribution in [0.3, 0.4) is 0 Å². The number of hydrogen-bond donors (Lipinski definition) is 2. The van der Waals surface area contributed by atoms with Crippen LogP contribution in [0.15, 0.2) is 0 Å². The lowest BCUT2D eigenvalue weighted by Gasteiger charge is -2.17. The standard InChI is InChI=1S/C7H11N5O/c1-4(2)6-10-9-5-3-8-7(13)11-12(5)6/h4H,3H2,1-2H3,(H2,8,11,13). The molecule has 2 heterocycles. The van der Waals surface area contributed by atoms with Crippen LogP contribution in [0.4, 0.5) is 4.79 Å². The number of carbonyl (C=O) groups is 1. The van der Waals surface area contributed by atoms with E-state index in [4.69, 9.17) is 0 Å². The number of amides is 2. The first-order chi connectivity index (χ1) is 6.18. The Morgan fingerprint density at radius 2 is 2.23 bits per heavy atom. The molecule has 1 aromatic rings. The molecule has 13 heavy (non-hydrogen) atoms. The SMILES string of the molecule is CC(C)c1nnc2n1NC(=O)NC2. The first-order valence-corrected chi connectivity index (χ1v) is 4.17. The summed E-state index contributed by atoms with van der Waals surface area (Å²) in [5.41, 5.74) is 2.63. The smallest absolute Gasteiger partial charge is 0.329 e. The van der Waals surface area contributed by atoms with Crippen molar-refractivity contribution in [1.29, 1.82) is 0 Å². The van der Waals surface area contributed by atoms with Gasteiger partial charge in [0.15, 0.2) is 11.6 Å². The highest BCUT2D eigenvalue weighted by Gasteiger charge is 2.20. The van der Waals surface area contributed by atoms with Crippen molar-refractivity contribution in [2.24, 2.45) is 0 Å². The zero-order valence-corrected chi connectivity index (χ0v) is 7.53. The van der Waals surface area contributed by atoms with Crippen LogP contribution in [-0.2, 0) is 6.54 Å². The van der Waals surface area contributed by atoms with Gasteiger partial charge in [-0.05, 0) is 0 Å². The summed E-state index contributed by atoms with van der Waals surface area (Å²) in [6.45, 7) is 4.45. The number of carbonyl (C=O) groups excluding carboxylic acids is 1. The summed E-state index contributed by atoms with van der Waals surface area (Å²) in [4.78, 5) is 11.0. The maximum absolute atomic E-state index is 11.0. The fraction of sp³-hybridized carbons (Fsp3) is 0.571. The molecule has 0 aromatic carbocycles. The summed E-state index contributed by atoms with van der Waals surface area (Å²) in [6, 6.07) is -0.214. The highest BCUT2D eigenvalue weighted by atomic mass is 16.2. The highest BCUT2D eigenvalue weighted by molar-refractivity contribution is 5.82. The van der Waals surface area contributed by atoms with Crippen molar-refractivity contribution in [1.82, 2.24) is 20.2 Å². The molecule has 70 valence electrons. The Bertz CT molecular complexity index is 343. The van der Waals surface area contributed by atoms with Gasteiger partial charge in [0.05, 0.1) is 6.54 Å². The molecule has 0 atom stereocenters. The van der Waals surface area contributed by atoms with Crippen LogP contribution in [-0.4, -0.2) is 20.9 Å². The molecule has 0 saturated heterocycles. The quantitative estimate of drug-likeness (QED) is 0.648. The Morgan fingerprint density at radius 1 is 1.46 bits per heavy atom. The second-order valence-electron chi connectivity index (χ2n) is 3.26. The van der Waals surface area contributed by atoms with Gasteiger partial charge in [-0.3, -0.25) is 0 Å². The van der Waals surface area contributed by atoms with Gasteiger partial charge in [-0.25, -0.2) is 14.9 Å². The first kappa shape index (κ1) is 8.03. The highest BCUT2D eigenvalue weighted by Crippen LogP contribution is 2.12. The van der Waals surface area contributed by atoms with Crippen LogP contribution >= 0.6 is 0 Å². The van der Waals surface area contributed by atoms with E-state index in [-0.39, 0.29) is 11.9 Å². The lowest BCUT2D eigenvalue weighted by atomic mass is 10.2. The van der Waals surface area contributed by atoms with Crippen LogP contribution in [0.1, 0.15) is 31.4 Å². The van der Waals surface area contributed by atoms with E-state index in [1.54, 1.807) is 4.68 Å². The van der Waals surface area contributed by atoms with E-state index in [1.165, 1.54) is 0 Å². The van der Waals surface area contributed by atoms with Crippen molar-refractivity contribution in [3.8, 4) is 0 Å². The zero-order chi connectivity index (χ0) is 9.42. The van der Waals surface area contributed by atoms with Crippen LogP contribution in [0.5, 0.6) is 0 Å². The summed E-state index contributed by atoms with van der Waals surface area (Å²) in [5.74, 6) is 1.77. The molecular weight excluding hydrogens is 170 g/mol. The van der Waals surface area contributed by atoms with Gasteiger partial charge in [-0.2, -0.15) is 0 Å². The van der Waals surface area contributed by atoms with Gasteiger partial charge in [-0.15, -0.1) is 10.2 Å². The number of nitrogens with one attached hydrogen (secondary N) is 2. The number of fused-ring (bicyclic) bond motifs is 1. The Hall–Kier alpha value is -1.59. The van der Waals surface area contributed by atoms with Gasteiger partial charge < -0.3 is 5.32 Å². The summed E-state index contributed by atoms with van der Waals surface area (Å²) < 4.78 is 1.64. The maximum Gasteiger partial charge on any atom is 0.334 e. The first-order valence-electron chi connectivity index (χ1n) is 4.17. The number of urea groups is 1. The molecule has 0 radical (unpaired) electrons. The lowest BCUT2D eigenvalue weighted by molar-refractivity contribution is 0.246. The minimum Gasteiger partial charge on any atom is -0.329 e. The van der Waals surface area contributed by atoms with Crippen molar-refractivity contribution < 1.29 is 4.79 Å². The average molecular weight is 181 g/mol. The molecule has 0 saturated carbocycles. The summed E-state index contributed by atoms with van der Waals surface area (Å²) >= 11 is 0. The van der Waals surface area contributed by atoms with E-state index in [0.717, 1.165) is 11.6 Å². The van der Waals surface area contributed by atoms with Crippen LogP contribution in [0.2, 0.25) is 0 Å². The van der Waals surface area contributed by atoms with Crippen molar-refractivity contribution in [3.63, 3.8) is 0 Å². The minimum atomic E-state index is -0.214. The molecule has 0 spiro atoms. The third-order valence-corrected chi connectivity index (χ3v) is 1.89. The number of nitrogens with zero attached hydrogens (tertiary/aromatic N) is 3. The summed E-state index contributed by atoms with van der Waals surface area (Å²) in [6.07, 6.45) is 0. The fourth-order valence-corrected chi connectivity index (χ4v) is 1.24. The van der Waals surface area contributed by atoms with E-state index in [9.17, 15) is 4.79 Å². The molecule has 2 rings (SSSR count). The van der Waals surface area contributed by atoms with Crippen molar-refractivity contribution >= 4 is 6.03 Å². The van der Waals surface area contributed by atoms with Gasteiger partial charge in [-0.1, -0.05) is 13.8 Å². The Labute approximate surface area is 75.3 Å². The van der Waals surface area contributed by atoms with Crippen molar-refractivity contribution in [2.45, 2.75) is 26.3 Å². The molecule has 2 amide bonds. The molecular formula is C7H11N5O. The number of rotatable bonds is 1. The van der Waals surface area contributed by atoms with Gasteiger partial charge in [0.25, 0.3) is 0 Å². The third-order valence-electron chi connectivity index (χ3n) is 1.89. The molecule has 2 N–H and O–H groups in total. The molecule has 6 nitrogen and oxygen atoms in total. The van der Waals surface area contributed by atoms with Gasteiger partial charge in [0, 0.05) is 5.92 Å². The van der Waals surface area contributed by atoms with Gasteiger partial charge >= 0.3 is 6.03 Å². The number of aromatic nitrogens is 3. The van der Waals surface area contributed by atoms with E-state index < -0.39 is 0 Å². The Balaban J connectivity index is 2.41. The molecule has 1 aromatic heterocycles. The molecule has 0 unspecified atom stereocenters. The summed E-state index contributed by atoms with van der Waals surface area (Å²) in [5, 5.41) is 10.6. The molecule has 1 aliphatic rings. The second-order valence-corrected chi connectivity index (χ2v) is 3.26. The van der Waals surface area contributed by atoms with E-state index in [0.29, 0.717) is 6.54 Å². The van der Waals surface area contributed by atoms with Crippen molar-refractivity contribution in [3.05, 3.63) is 11.6 Å². The third kappa shape index (κ3) is 1.24. The largest absolute Gasteiger partial charge is 0.334 e. The van der Waals surface area contributed by atoms with Crippen molar-refractivity contribution in [2.75, 3.05) is 5.43 Å². The topological polar surface area (TPSA) is 71.8 Å². The number of hydrogen-bond acceptors (Lipinski definition) is 3. The lowest BCUT2D eigenvalue weighted by Crippen LogP contribution is -2.41. The monoisotopic (exact) mass is 181 g/mol. The van der Waals surface area contributed by atoms with E-state index in [1.807, 2.05) is 13.8 Å². The molecule has 0 aliphatic carbocycles. The molecule has 0 bridgehead atoms. The predicted molar refractivity (Wildman–Crippen MR) is 45.7 cm³/mol. The van der Waals surface area contributed by atoms with Crippen LogP contribution < -0.4 is 10.7 Å². The van der Waals surface area contributed by atoms with Crippen LogP contribution in [0, 0.1) is 0 Å². The van der Waals surface area contributed by atoms with Crippen LogP contribution in [0.25, 0.3) is 0 Å². The maximum atomic E-state index is 11.0. The van der Waals surface area contributed by atoms with Gasteiger partial charge in [0.1, 0.15) is 0 Å². The summed E-state index contributed by atoms with van der Waals surface area (Å²) in [7, 11) is 0. The molecule has 0 fully saturated rings. The van der Waals surface area contributed by atoms with E-state index >= 15 is 0 Å². The normalized spacial score (nSPS) is 15.2. The average Bonchev–Trinajstić information content (AvgIpc) is 2.46. The fourth-order valence-electron chi connectivity index (χ4n) is 1.24. The minimum absolute atomic E-state index is 0.214.